The van der Waals surface area contributed by atoms with Gasteiger partial charge in [-0.1, -0.05) is 37.6 Å². The standard InChI is InChI=1S/C18H30ClN3O2S/c1-15(2)12-18(22-10-8-21(3)9-11-22)13-20-25(23,24)14-16-4-6-17(19)7-5-16/h4-7,15,18,20H,8-14H2,1-3H3. The molecule has 0 saturated carbocycles. The van der Waals surface area contributed by atoms with Crippen molar-refractivity contribution < 1.29 is 8.42 Å². The van der Waals surface area contributed by atoms with Crippen molar-refractivity contribution in [1.29, 1.82) is 0 Å². The first-order chi connectivity index (χ1) is 11.7. The van der Waals surface area contributed by atoms with Gasteiger partial charge in [0, 0.05) is 43.8 Å². The number of piperazine rings is 1. The highest BCUT2D eigenvalue weighted by Gasteiger charge is 2.24. The Balaban J connectivity index is 1.94. The highest BCUT2D eigenvalue weighted by molar-refractivity contribution is 7.88. The summed E-state index contributed by atoms with van der Waals surface area (Å²) >= 11 is 5.86. The molecular weight excluding hydrogens is 358 g/mol. The summed E-state index contributed by atoms with van der Waals surface area (Å²) in [7, 11) is -1.23. The Bertz CT molecular complexity index is 626. The number of benzene rings is 1. The number of nitrogens with zero attached hydrogens (tertiary/aromatic N) is 2. The molecule has 2 rings (SSSR count). The Morgan fingerprint density at radius 2 is 1.72 bits per heavy atom. The summed E-state index contributed by atoms with van der Waals surface area (Å²) in [5, 5.41) is 0.612. The summed E-state index contributed by atoms with van der Waals surface area (Å²) in [6.45, 7) is 8.90. The first kappa shape index (κ1) is 20.6. The predicted molar refractivity (Wildman–Crippen MR) is 104 cm³/mol. The molecule has 0 spiro atoms. The zero-order valence-electron chi connectivity index (χ0n) is 15.4. The van der Waals surface area contributed by atoms with Crippen LogP contribution >= 0.6 is 11.6 Å². The van der Waals surface area contributed by atoms with Crippen molar-refractivity contribution in [2.75, 3.05) is 39.8 Å². The fourth-order valence-corrected chi connectivity index (χ4v) is 4.47. The third kappa shape index (κ3) is 7.23. The molecule has 0 aliphatic carbocycles. The highest BCUT2D eigenvalue weighted by atomic mass is 35.5. The predicted octanol–water partition coefficient (Wildman–Crippen LogP) is 2.42. The lowest BCUT2D eigenvalue weighted by Gasteiger charge is -2.38. The monoisotopic (exact) mass is 387 g/mol. The van der Waals surface area contributed by atoms with E-state index in [2.05, 4.69) is 35.4 Å². The smallest absolute Gasteiger partial charge is 0.215 e. The molecule has 5 nitrogen and oxygen atoms in total. The number of halogens is 1. The van der Waals surface area contributed by atoms with Gasteiger partial charge in [0.1, 0.15) is 0 Å². The molecular formula is C18H30ClN3O2S. The molecule has 1 atom stereocenters. The van der Waals surface area contributed by atoms with Crippen LogP contribution in [-0.4, -0.2) is 64.0 Å². The Morgan fingerprint density at radius 3 is 2.28 bits per heavy atom. The van der Waals surface area contributed by atoms with E-state index in [1.165, 1.54) is 0 Å². The Morgan fingerprint density at radius 1 is 1.12 bits per heavy atom. The van der Waals surface area contributed by atoms with E-state index in [-0.39, 0.29) is 11.8 Å². The average molecular weight is 388 g/mol. The Hall–Kier alpha value is -0.660. The van der Waals surface area contributed by atoms with Gasteiger partial charge in [0.25, 0.3) is 0 Å². The first-order valence-corrected chi connectivity index (χ1v) is 10.9. The van der Waals surface area contributed by atoms with E-state index < -0.39 is 10.0 Å². The van der Waals surface area contributed by atoms with Gasteiger partial charge in [-0.3, -0.25) is 4.90 Å². The SMILES string of the molecule is CC(C)CC(CNS(=O)(=O)Cc1ccc(Cl)cc1)N1CCN(C)CC1. The fraction of sp³-hybridized carbons (Fsp3) is 0.667. The van der Waals surface area contributed by atoms with E-state index in [0.29, 0.717) is 17.5 Å². The molecule has 1 saturated heterocycles. The molecule has 1 fully saturated rings. The molecule has 0 radical (unpaired) electrons. The van der Waals surface area contributed by atoms with Gasteiger partial charge in [0.15, 0.2) is 0 Å². The molecule has 25 heavy (non-hydrogen) atoms. The quantitative estimate of drug-likeness (QED) is 0.744. The van der Waals surface area contributed by atoms with Crippen molar-refractivity contribution in [2.24, 2.45) is 5.92 Å². The Labute approximate surface area is 157 Å². The van der Waals surface area contributed by atoms with Crippen LogP contribution in [0.3, 0.4) is 0 Å². The van der Waals surface area contributed by atoms with Crippen molar-refractivity contribution >= 4 is 21.6 Å². The molecule has 0 aromatic heterocycles. The molecule has 1 aliphatic heterocycles. The molecule has 1 N–H and O–H groups in total. The average Bonchev–Trinajstić information content (AvgIpc) is 2.54. The normalized spacial score (nSPS) is 18.6. The maximum atomic E-state index is 12.4. The second-order valence-corrected chi connectivity index (χ2v) is 9.60. The molecule has 1 unspecified atom stereocenters. The van der Waals surface area contributed by atoms with Crippen molar-refractivity contribution in [2.45, 2.75) is 32.1 Å². The fourth-order valence-electron chi connectivity index (χ4n) is 3.17. The van der Waals surface area contributed by atoms with Gasteiger partial charge >= 0.3 is 0 Å². The summed E-state index contributed by atoms with van der Waals surface area (Å²) in [6.07, 6.45) is 0.993. The van der Waals surface area contributed by atoms with Crippen molar-refractivity contribution in [3.8, 4) is 0 Å². The van der Waals surface area contributed by atoms with Crippen LogP contribution in [-0.2, 0) is 15.8 Å². The van der Waals surface area contributed by atoms with Gasteiger partial charge in [0.2, 0.25) is 10.0 Å². The van der Waals surface area contributed by atoms with Crippen molar-refractivity contribution in [3.05, 3.63) is 34.9 Å². The largest absolute Gasteiger partial charge is 0.304 e. The second kappa shape index (κ2) is 9.33. The van der Waals surface area contributed by atoms with Crippen LogP contribution in [0.4, 0.5) is 0 Å². The summed E-state index contributed by atoms with van der Waals surface area (Å²) in [4.78, 5) is 4.73. The summed E-state index contributed by atoms with van der Waals surface area (Å²) in [5.41, 5.74) is 0.747. The molecule has 1 aromatic rings. The maximum Gasteiger partial charge on any atom is 0.215 e. The maximum absolute atomic E-state index is 12.4. The lowest BCUT2D eigenvalue weighted by atomic mass is 10.0. The second-order valence-electron chi connectivity index (χ2n) is 7.36. The van der Waals surface area contributed by atoms with E-state index in [4.69, 9.17) is 11.6 Å². The number of nitrogens with one attached hydrogen (secondary N) is 1. The first-order valence-electron chi connectivity index (χ1n) is 8.89. The van der Waals surface area contributed by atoms with E-state index in [0.717, 1.165) is 38.2 Å². The van der Waals surface area contributed by atoms with Crippen LogP contribution in [0, 0.1) is 5.92 Å². The molecule has 1 aliphatic rings. The minimum Gasteiger partial charge on any atom is -0.304 e. The summed E-state index contributed by atoms with van der Waals surface area (Å²) in [5.74, 6) is 0.520. The van der Waals surface area contributed by atoms with Gasteiger partial charge < -0.3 is 4.90 Å². The third-order valence-corrected chi connectivity index (χ3v) is 6.18. The summed E-state index contributed by atoms with van der Waals surface area (Å²) < 4.78 is 27.7. The van der Waals surface area contributed by atoms with Gasteiger partial charge in [0.05, 0.1) is 5.75 Å². The number of hydrogen-bond donors (Lipinski definition) is 1. The highest BCUT2D eigenvalue weighted by Crippen LogP contribution is 2.15. The molecule has 142 valence electrons. The van der Waals surface area contributed by atoms with E-state index in [1.807, 2.05) is 0 Å². The number of likely N-dealkylation sites (N-methyl/N-ethyl adjacent to an activating group) is 1. The van der Waals surface area contributed by atoms with Crippen LogP contribution in [0.15, 0.2) is 24.3 Å². The molecule has 1 heterocycles. The number of hydrogen-bond acceptors (Lipinski definition) is 4. The summed E-state index contributed by atoms with van der Waals surface area (Å²) in [6, 6.07) is 7.20. The zero-order chi connectivity index (χ0) is 18.4. The van der Waals surface area contributed by atoms with E-state index in [9.17, 15) is 8.42 Å². The van der Waals surface area contributed by atoms with Gasteiger partial charge in [-0.15, -0.1) is 0 Å². The van der Waals surface area contributed by atoms with Crippen LogP contribution in [0.2, 0.25) is 5.02 Å². The zero-order valence-corrected chi connectivity index (χ0v) is 17.0. The molecule has 0 bridgehead atoms. The number of sulfonamides is 1. The van der Waals surface area contributed by atoms with Gasteiger partial charge in [-0.05, 0) is 37.1 Å². The minimum absolute atomic E-state index is 0.0126. The number of rotatable bonds is 8. The minimum atomic E-state index is -3.36. The Kier molecular flexibility index (Phi) is 7.70. The van der Waals surface area contributed by atoms with Crippen LogP contribution in [0.5, 0.6) is 0 Å². The lowest BCUT2D eigenvalue weighted by molar-refractivity contribution is 0.102. The van der Waals surface area contributed by atoms with E-state index in [1.54, 1.807) is 24.3 Å². The van der Waals surface area contributed by atoms with Gasteiger partial charge in [-0.2, -0.15) is 0 Å². The van der Waals surface area contributed by atoms with Crippen molar-refractivity contribution in [1.82, 2.24) is 14.5 Å². The van der Waals surface area contributed by atoms with Crippen molar-refractivity contribution in [3.63, 3.8) is 0 Å². The molecule has 1 aromatic carbocycles. The third-order valence-electron chi connectivity index (χ3n) is 4.61. The van der Waals surface area contributed by atoms with E-state index >= 15 is 0 Å². The van der Waals surface area contributed by atoms with Crippen LogP contribution in [0.25, 0.3) is 0 Å². The topological polar surface area (TPSA) is 52.7 Å². The van der Waals surface area contributed by atoms with Gasteiger partial charge in [-0.25, -0.2) is 13.1 Å². The molecule has 0 amide bonds. The lowest BCUT2D eigenvalue weighted by Crippen LogP contribution is -2.52. The van der Waals surface area contributed by atoms with Crippen LogP contribution in [0.1, 0.15) is 25.8 Å². The van der Waals surface area contributed by atoms with Crippen LogP contribution < -0.4 is 4.72 Å². The molecule has 7 heteroatoms.